The first-order chi connectivity index (χ1) is 22.5. The Labute approximate surface area is 275 Å². The fourth-order valence-electron chi connectivity index (χ4n) is 4.64. The van der Waals surface area contributed by atoms with Crippen LogP contribution in [-0.4, -0.2) is 76.2 Å². The molecule has 3 heterocycles. The molecule has 0 bridgehead atoms. The van der Waals surface area contributed by atoms with Gasteiger partial charge in [0.05, 0.1) is 18.9 Å². The van der Waals surface area contributed by atoms with E-state index in [9.17, 15) is 14.4 Å². The second-order valence-corrected chi connectivity index (χ2v) is 12.6. The number of carbonyl (C=O) groups excluding carboxylic acids is 3. The summed E-state index contributed by atoms with van der Waals surface area (Å²) >= 11 is 0. The van der Waals surface area contributed by atoms with Crippen LogP contribution in [-0.2, 0) is 20.8 Å². The molecule has 3 N–H and O–H groups in total. The number of pyridine rings is 1. The molecule has 256 valence electrons. The van der Waals surface area contributed by atoms with Crippen LogP contribution in [0.1, 0.15) is 93.6 Å². The topological polar surface area (TPSA) is 177 Å². The summed E-state index contributed by atoms with van der Waals surface area (Å²) in [5.74, 6) is -0.403. The molecule has 0 aromatic carbocycles. The minimum atomic E-state index is -0.759. The number of nitrogens with zero attached hydrogens (tertiary/aromatic N) is 5. The van der Waals surface area contributed by atoms with Gasteiger partial charge in [0, 0.05) is 44.3 Å². The van der Waals surface area contributed by atoms with Crippen molar-refractivity contribution < 1.29 is 33.0 Å². The van der Waals surface area contributed by atoms with Crippen LogP contribution in [0.4, 0.5) is 16.3 Å². The minimum Gasteiger partial charge on any atom is -0.444 e. The average molecular weight is 654 g/mol. The highest BCUT2D eigenvalue weighted by Gasteiger charge is 2.31. The normalized spacial score (nSPS) is 13.0. The molecular formula is C33H47N7O7. The second kappa shape index (κ2) is 17.0. The lowest BCUT2D eigenvalue weighted by molar-refractivity contribution is 0.0465. The van der Waals surface area contributed by atoms with Gasteiger partial charge >= 0.3 is 6.09 Å². The van der Waals surface area contributed by atoms with E-state index >= 15 is 0 Å². The van der Waals surface area contributed by atoms with Gasteiger partial charge in [-0.2, -0.15) is 5.10 Å². The van der Waals surface area contributed by atoms with Crippen molar-refractivity contribution in [3.63, 3.8) is 0 Å². The van der Waals surface area contributed by atoms with Crippen molar-refractivity contribution in [3.8, 4) is 11.5 Å². The molecule has 3 aromatic heterocycles. The first kappa shape index (κ1) is 35.6. The van der Waals surface area contributed by atoms with E-state index in [1.165, 1.54) is 11.2 Å². The van der Waals surface area contributed by atoms with Crippen molar-refractivity contribution >= 4 is 29.4 Å². The van der Waals surface area contributed by atoms with Crippen molar-refractivity contribution in [2.75, 3.05) is 43.2 Å². The van der Waals surface area contributed by atoms with Gasteiger partial charge in [0.2, 0.25) is 5.89 Å². The smallest absolute Gasteiger partial charge is 0.416 e. The molecule has 4 rings (SSSR count). The fourth-order valence-corrected chi connectivity index (χ4v) is 4.64. The van der Waals surface area contributed by atoms with E-state index in [0.29, 0.717) is 50.2 Å². The maximum Gasteiger partial charge on any atom is 0.416 e. The van der Waals surface area contributed by atoms with Crippen LogP contribution in [0.5, 0.6) is 0 Å². The average Bonchev–Trinajstić information content (AvgIpc) is 3.54. The third-order valence-corrected chi connectivity index (χ3v) is 7.15. The summed E-state index contributed by atoms with van der Waals surface area (Å²) in [7, 11) is 0. The van der Waals surface area contributed by atoms with Gasteiger partial charge in [0.1, 0.15) is 17.7 Å². The maximum absolute atomic E-state index is 13.1. The molecule has 1 saturated carbocycles. The van der Waals surface area contributed by atoms with Gasteiger partial charge < -0.3 is 29.7 Å². The first-order valence-corrected chi connectivity index (χ1v) is 16.3. The number of oxazole rings is 1. The summed E-state index contributed by atoms with van der Waals surface area (Å²) < 4.78 is 23.8. The summed E-state index contributed by atoms with van der Waals surface area (Å²) in [5.41, 5.74) is 5.54. The van der Waals surface area contributed by atoms with Crippen LogP contribution in [0.3, 0.4) is 0 Å². The number of aromatic nitrogens is 4. The van der Waals surface area contributed by atoms with Crippen LogP contribution in [0.15, 0.2) is 35.2 Å². The Balaban J connectivity index is 1.32. The van der Waals surface area contributed by atoms with Crippen LogP contribution < -0.4 is 16.0 Å². The van der Waals surface area contributed by atoms with Gasteiger partial charge in [-0.15, -0.1) is 0 Å². The predicted octanol–water partition coefficient (Wildman–Crippen LogP) is 5.44. The molecule has 1 fully saturated rings. The number of hydrogen-bond acceptors (Lipinski definition) is 10. The van der Waals surface area contributed by atoms with Crippen LogP contribution >= 0.6 is 0 Å². The number of unbranched alkanes of at least 4 members (excludes halogenated alkanes) is 3. The Morgan fingerprint density at radius 2 is 1.83 bits per heavy atom. The number of carbonyl (C=O) groups is 3. The van der Waals surface area contributed by atoms with Gasteiger partial charge in [-0.3, -0.25) is 19.2 Å². The standard InChI is InChI=1S/C33H47N7O7/c1-5-15-44-17-18-45-16-9-7-6-8-14-39-21-25(28(38-39)29(34)41)36-30(42)26-22-46-31(37-26)24-12-13-35-27(19-24)40(20-23-10-11-23)32(43)47-33(2,3)4/h12-13,19,21-23H,5-11,14-18,20H2,1-4H3,(H2,34,41)(H,36,42). The van der Waals surface area contributed by atoms with E-state index in [4.69, 9.17) is 24.4 Å². The summed E-state index contributed by atoms with van der Waals surface area (Å²) in [6, 6.07) is 3.35. The number of nitrogens with one attached hydrogen (secondary N) is 1. The number of primary amides is 1. The molecule has 0 aliphatic heterocycles. The molecule has 0 unspecified atom stereocenters. The van der Waals surface area contributed by atoms with E-state index < -0.39 is 23.5 Å². The zero-order valence-corrected chi connectivity index (χ0v) is 27.8. The lowest BCUT2D eigenvalue weighted by Gasteiger charge is -2.27. The molecule has 0 radical (unpaired) electrons. The number of nitrogens with two attached hydrogens (primary N) is 1. The van der Waals surface area contributed by atoms with Crippen LogP contribution in [0.25, 0.3) is 11.5 Å². The summed E-state index contributed by atoms with van der Waals surface area (Å²) in [6.45, 7) is 11.2. The molecule has 1 aliphatic carbocycles. The van der Waals surface area contributed by atoms with Crippen molar-refractivity contribution in [1.29, 1.82) is 0 Å². The second-order valence-electron chi connectivity index (χ2n) is 12.6. The van der Waals surface area contributed by atoms with E-state index in [0.717, 1.165) is 51.6 Å². The lowest BCUT2D eigenvalue weighted by Crippen LogP contribution is -2.38. The minimum absolute atomic E-state index is 0.0114. The number of hydrogen-bond donors (Lipinski definition) is 2. The van der Waals surface area contributed by atoms with Crippen molar-refractivity contribution in [1.82, 2.24) is 19.7 Å². The molecule has 0 atom stereocenters. The van der Waals surface area contributed by atoms with Gasteiger partial charge in [-0.05, 0) is 70.9 Å². The molecule has 14 heteroatoms. The summed E-state index contributed by atoms with van der Waals surface area (Å²) in [5, 5.41) is 6.95. The van der Waals surface area contributed by atoms with Crippen molar-refractivity contribution in [3.05, 3.63) is 42.2 Å². The molecule has 14 nitrogen and oxygen atoms in total. The SMILES string of the molecule is CCCOCCOCCCCCCn1cc(NC(=O)c2coc(-c3ccnc(N(CC4CC4)C(=O)OC(C)(C)C)c3)n2)c(C(N)=O)n1. The highest BCUT2D eigenvalue weighted by Crippen LogP contribution is 2.33. The van der Waals surface area contributed by atoms with E-state index in [1.807, 2.05) is 20.8 Å². The Kier molecular flexibility index (Phi) is 12.9. The van der Waals surface area contributed by atoms with E-state index in [2.05, 4.69) is 27.3 Å². The Bertz CT molecular complexity index is 1480. The third kappa shape index (κ3) is 11.5. The molecule has 0 spiro atoms. The largest absolute Gasteiger partial charge is 0.444 e. The molecule has 0 saturated heterocycles. The monoisotopic (exact) mass is 653 g/mol. The molecular weight excluding hydrogens is 606 g/mol. The maximum atomic E-state index is 13.1. The Morgan fingerprint density at radius 3 is 2.53 bits per heavy atom. The quantitative estimate of drug-likeness (QED) is 0.158. The van der Waals surface area contributed by atoms with Gasteiger partial charge in [0.15, 0.2) is 11.4 Å². The summed E-state index contributed by atoms with van der Waals surface area (Å²) in [4.78, 5) is 48.4. The Morgan fingerprint density at radius 1 is 1.09 bits per heavy atom. The van der Waals surface area contributed by atoms with E-state index in [-0.39, 0.29) is 23.0 Å². The fraction of sp³-hybridized carbons (Fsp3) is 0.576. The molecule has 3 amide bonds. The molecule has 47 heavy (non-hydrogen) atoms. The number of amides is 3. The number of anilines is 2. The number of rotatable bonds is 19. The third-order valence-electron chi connectivity index (χ3n) is 7.15. The number of aryl methyl sites for hydroxylation is 1. The van der Waals surface area contributed by atoms with Gasteiger partial charge in [-0.25, -0.2) is 14.8 Å². The van der Waals surface area contributed by atoms with Crippen molar-refractivity contribution in [2.24, 2.45) is 11.7 Å². The van der Waals surface area contributed by atoms with Crippen molar-refractivity contribution in [2.45, 2.75) is 84.8 Å². The van der Waals surface area contributed by atoms with Gasteiger partial charge in [0.25, 0.3) is 11.8 Å². The van der Waals surface area contributed by atoms with Crippen LogP contribution in [0.2, 0.25) is 0 Å². The summed E-state index contributed by atoms with van der Waals surface area (Å²) in [6.07, 6.45) is 10.7. The van der Waals surface area contributed by atoms with Gasteiger partial charge in [-0.1, -0.05) is 19.8 Å². The molecule has 1 aliphatic rings. The molecule has 3 aromatic rings. The zero-order valence-electron chi connectivity index (χ0n) is 27.8. The predicted molar refractivity (Wildman–Crippen MR) is 175 cm³/mol. The number of ether oxygens (including phenoxy) is 3. The highest BCUT2D eigenvalue weighted by molar-refractivity contribution is 6.07. The highest BCUT2D eigenvalue weighted by atomic mass is 16.6. The first-order valence-electron chi connectivity index (χ1n) is 16.3. The zero-order chi connectivity index (χ0) is 33.8. The van der Waals surface area contributed by atoms with E-state index in [1.54, 1.807) is 29.2 Å². The Hall–Kier alpha value is -4.30. The van der Waals surface area contributed by atoms with Crippen LogP contribution in [0, 0.1) is 5.92 Å². The lowest BCUT2D eigenvalue weighted by atomic mass is 10.2.